The molecule has 1 aromatic carbocycles. The van der Waals surface area contributed by atoms with Crippen molar-refractivity contribution < 1.29 is 14.9 Å². The summed E-state index contributed by atoms with van der Waals surface area (Å²) in [6, 6.07) is 5.02. The van der Waals surface area contributed by atoms with Gasteiger partial charge in [-0.25, -0.2) is 0 Å². The molecule has 19 heavy (non-hydrogen) atoms. The van der Waals surface area contributed by atoms with Crippen molar-refractivity contribution in [3.05, 3.63) is 23.8 Å². The Hall–Kier alpha value is -1.26. The summed E-state index contributed by atoms with van der Waals surface area (Å²) in [6.45, 7) is 5.76. The van der Waals surface area contributed by atoms with Crippen LogP contribution >= 0.6 is 0 Å². The summed E-state index contributed by atoms with van der Waals surface area (Å²) in [7, 11) is 0. The molecule has 0 saturated carbocycles. The average molecular weight is 265 g/mol. The molecule has 1 aliphatic heterocycles. The molecule has 0 radical (unpaired) electrons. The van der Waals surface area contributed by atoms with Crippen LogP contribution in [-0.2, 0) is 11.3 Å². The van der Waals surface area contributed by atoms with E-state index in [1.807, 2.05) is 6.07 Å². The molecule has 4 nitrogen and oxygen atoms in total. The van der Waals surface area contributed by atoms with Crippen LogP contribution in [0.2, 0.25) is 0 Å². The molecule has 1 aliphatic rings. The van der Waals surface area contributed by atoms with Crippen LogP contribution in [0.5, 0.6) is 11.5 Å². The van der Waals surface area contributed by atoms with Crippen LogP contribution in [-0.4, -0.2) is 40.9 Å². The van der Waals surface area contributed by atoms with Crippen molar-refractivity contribution in [2.45, 2.75) is 38.8 Å². The number of likely N-dealkylation sites (tertiary alicyclic amines) is 1. The van der Waals surface area contributed by atoms with Gasteiger partial charge in [0.15, 0.2) is 11.5 Å². The summed E-state index contributed by atoms with van der Waals surface area (Å²) in [5, 5.41) is 18.8. The van der Waals surface area contributed by atoms with E-state index < -0.39 is 0 Å². The van der Waals surface area contributed by atoms with Gasteiger partial charge in [0.2, 0.25) is 0 Å². The van der Waals surface area contributed by atoms with E-state index in [1.165, 1.54) is 0 Å². The lowest BCUT2D eigenvalue weighted by Crippen LogP contribution is -2.39. The van der Waals surface area contributed by atoms with Crippen molar-refractivity contribution in [2.75, 3.05) is 19.7 Å². The van der Waals surface area contributed by atoms with Crippen LogP contribution in [0.25, 0.3) is 0 Å². The minimum Gasteiger partial charge on any atom is -0.504 e. The van der Waals surface area contributed by atoms with E-state index in [4.69, 9.17) is 4.74 Å². The van der Waals surface area contributed by atoms with Crippen molar-refractivity contribution >= 4 is 0 Å². The Morgan fingerprint density at radius 2 is 2.16 bits per heavy atom. The van der Waals surface area contributed by atoms with Crippen LogP contribution in [0, 0.1) is 0 Å². The Bertz CT molecular complexity index is 408. The minimum absolute atomic E-state index is 0.0479. The van der Waals surface area contributed by atoms with Gasteiger partial charge in [-0.05, 0) is 43.5 Å². The Kier molecular flexibility index (Phi) is 5.05. The number of ether oxygens (including phenoxy) is 1. The summed E-state index contributed by atoms with van der Waals surface area (Å²) in [5.41, 5.74) is 1.02. The quantitative estimate of drug-likeness (QED) is 0.803. The SMILES string of the molecule is CCCO[C@@H]1CCCN(Cc2ccc(O)c(O)c2)C1. The molecule has 1 saturated heterocycles. The van der Waals surface area contributed by atoms with E-state index in [0.29, 0.717) is 6.10 Å². The van der Waals surface area contributed by atoms with Gasteiger partial charge in [0.25, 0.3) is 0 Å². The molecule has 0 amide bonds. The monoisotopic (exact) mass is 265 g/mol. The van der Waals surface area contributed by atoms with Crippen LogP contribution in [0.1, 0.15) is 31.7 Å². The highest BCUT2D eigenvalue weighted by Gasteiger charge is 2.20. The molecule has 0 spiro atoms. The van der Waals surface area contributed by atoms with Crippen molar-refractivity contribution in [2.24, 2.45) is 0 Å². The van der Waals surface area contributed by atoms with Gasteiger partial charge in [-0.3, -0.25) is 4.90 Å². The Morgan fingerprint density at radius 3 is 2.89 bits per heavy atom. The number of piperidine rings is 1. The van der Waals surface area contributed by atoms with E-state index in [2.05, 4.69) is 11.8 Å². The highest BCUT2D eigenvalue weighted by Crippen LogP contribution is 2.26. The predicted octanol–water partition coefficient (Wildman–Crippen LogP) is 2.49. The summed E-state index contributed by atoms with van der Waals surface area (Å²) in [6.07, 6.45) is 3.68. The third-order valence-electron chi connectivity index (χ3n) is 3.47. The third kappa shape index (κ3) is 4.11. The van der Waals surface area contributed by atoms with Crippen molar-refractivity contribution in [3.8, 4) is 11.5 Å². The number of rotatable bonds is 5. The summed E-state index contributed by atoms with van der Waals surface area (Å²) >= 11 is 0. The maximum atomic E-state index is 9.50. The standard InChI is InChI=1S/C15H23NO3/c1-2-8-19-13-4-3-7-16(11-13)10-12-5-6-14(17)15(18)9-12/h5-6,9,13,17-18H,2-4,7-8,10-11H2,1H3/t13-/m1/s1. The second-order valence-electron chi connectivity index (χ2n) is 5.19. The largest absolute Gasteiger partial charge is 0.504 e. The van der Waals surface area contributed by atoms with Crippen molar-refractivity contribution in [3.63, 3.8) is 0 Å². The first kappa shape index (κ1) is 14.2. The fourth-order valence-electron chi connectivity index (χ4n) is 2.50. The highest BCUT2D eigenvalue weighted by atomic mass is 16.5. The lowest BCUT2D eigenvalue weighted by atomic mass is 10.1. The van der Waals surface area contributed by atoms with Crippen molar-refractivity contribution in [1.29, 1.82) is 0 Å². The van der Waals surface area contributed by atoms with E-state index in [-0.39, 0.29) is 11.5 Å². The number of benzene rings is 1. The Labute approximate surface area is 114 Å². The number of aromatic hydroxyl groups is 2. The molecule has 2 N–H and O–H groups in total. The van der Waals surface area contributed by atoms with E-state index in [0.717, 1.165) is 51.1 Å². The van der Waals surface area contributed by atoms with E-state index in [9.17, 15) is 10.2 Å². The maximum Gasteiger partial charge on any atom is 0.157 e. The normalized spacial score (nSPS) is 20.6. The van der Waals surface area contributed by atoms with Gasteiger partial charge in [-0.15, -0.1) is 0 Å². The first-order valence-electron chi connectivity index (χ1n) is 7.04. The molecule has 1 atom stereocenters. The van der Waals surface area contributed by atoms with Crippen LogP contribution in [0.15, 0.2) is 18.2 Å². The second-order valence-corrected chi connectivity index (χ2v) is 5.19. The lowest BCUT2D eigenvalue weighted by molar-refractivity contribution is -0.00224. The van der Waals surface area contributed by atoms with E-state index >= 15 is 0 Å². The van der Waals surface area contributed by atoms with Crippen LogP contribution in [0.4, 0.5) is 0 Å². The smallest absolute Gasteiger partial charge is 0.157 e. The van der Waals surface area contributed by atoms with Gasteiger partial charge in [0.05, 0.1) is 6.10 Å². The van der Waals surface area contributed by atoms with Gasteiger partial charge in [-0.2, -0.15) is 0 Å². The number of phenols is 2. The molecule has 2 rings (SSSR count). The molecule has 1 fully saturated rings. The van der Waals surface area contributed by atoms with Gasteiger partial charge in [0.1, 0.15) is 0 Å². The fraction of sp³-hybridized carbons (Fsp3) is 0.600. The van der Waals surface area contributed by atoms with Gasteiger partial charge >= 0.3 is 0 Å². The predicted molar refractivity (Wildman–Crippen MR) is 74.3 cm³/mol. The molecule has 1 heterocycles. The molecule has 4 heteroatoms. The lowest BCUT2D eigenvalue weighted by Gasteiger charge is -2.32. The maximum absolute atomic E-state index is 9.50. The zero-order valence-electron chi connectivity index (χ0n) is 11.5. The second kappa shape index (κ2) is 6.78. The first-order valence-corrected chi connectivity index (χ1v) is 7.04. The van der Waals surface area contributed by atoms with Gasteiger partial charge < -0.3 is 14.9 Å². The summed E-state index contributed by atoms with van der Waals surface area (Å²) in [5.74, 6) is -0.111. The highest BCUT2D eigenvalue weighted by molar-refractivity contribution is 5.40. The molecular weight excluding hydrogens is 242 g/mol. The average Bonchev–Trinajstić information content (AvgIpc) is 2.41. The van der Waals surface area contributed by atoms with Gasteiger partial charge in [0, 0.05) is 19.7 Å². The number of nitrogens with zero attached hydrogens (tertiary/aromatic N) is 1. The van der Waals surface area contributed by atoms with Crippen molar-refractivity contribution in [1.82, 2.24) is 4.90 Å². The molecule has 0 aromatic heterocycles. The van der Waals surface area contributed by atoms with Crippen LogP contribution in [0.3, 0.4) is 0 Å². The third-order valence-corrected chi connectivity index (χ3v) is 3.47. The minimum atomic E-state index is -0.0634. The first-order chi connectivity index (χ1) is 9.19. The molecule has 0 bridgehead atoms. The zero-order chi connectivity index (χ0) is 13.7. The fourth-order valence-corrected chi connectivity index (χ4v) is 2.50. The Balaban J connectivity index is 1.89. The Morgan fingerprint density at radius 1 is 1.32 bits per heavy atom. The zero-order valence-corrected chi connectivity index (χ0v) is 11.5. The van der Waals surface area contributed by atoms with E-state index in [1.54, 1.807) is 12.1 Å². The number of hydrogen-bond acceptors (Lipinski definition) is 4. The molecule has 106 valence electrons. The molecule has 1 aromatic rings. The number of phenolic OH excluding ortho intramolecular Hbond substituents is 2. The number of hydrogen-bond donors (Lipinski definition) is 2. The summed E-state index contributed by atoms with van der Waals surface area (Å²) < 4.78 is 5.81. The molecule has 0 unspecified atom stereocenters. The summed E-state index contributed by atoms with van der Waals surface area (Å²) in [4.78, 5) is 2.34. The molecule has 0 aliphatic carbocycles. The van der Waals surface area contributed by atoms with Gasteiger partial charge in [-0.1, -0.05) is 13.0 Å². The topological polar surface area (TPSA) is 52.9 Å². The van der Waals surface area contributed by atoms with Crippen LogP contribution < -0.4 is 0 Å². The molecular formula is C15H23NO3.